The summed E-state index contributed by atoms with van der Waals surface area (Å²) < 4.78 is 45.3. The SMILES string of the molecule is Cc1nnc(CNC2CCCCC2c2ccccc2C(F)(F)F)o1. The molecule has 1 aromatic heterocycles. The van der Waals surface area contributed by atoms with Crippen LogP contribution in [0.25, 0.3) is 0 Å². The highest BCUT2D eigenvalue weighted by Gasteiger charge is 2.37. The first-order valence-corrected chi connectivity index (χ1v) is 8.13. The van der Waals surface area contributed by atoms with Gasteiger partial charge in [0.05, 0.1) is 12.1 Å². The molecular weight excluding hydrogens is 319 g/mol. The minimum absolute atomic E-state index is 0.0329. The third kappa shape index (κ3) is 3.77. The van der Waals surface area contributed by atoms with Gasteiger partial charge in [-0.1, -0.05) is 31.0 Å². The lowest BCUT2D eigenvalue weighted by molar-refractivity contribution is -0.138. The van der Waals surface area contributed by atoms with Crippen molar-refractivity contribution in [3.8, 4) is 0 Å². The van der Waals surface area contributed by atoms with Crippen LogP contribution < -0.4 is 5.32 Å². The molecule has 1 aromatic carbocycles. The van der Waals surface area contributed by atoms with Crippen LogP contribution in [0.15, 0.2) is 28.7 Å². The summed E-state index contributed by atoms with van der Waals surface area (Å²) in [5.74, 6) is 0.774. The van der Waals surface area contributed by atoms with Gasteiger partial charge in [-0.15, -0.1) is 10.2 Å². The normalized spacial score (nSPS) is 21.8. The zero-order valence-corrected chi connectivity index (χ0v) is 13.4. The molecule has 2 unspecified atom stereocenters. The number of hydrogen-bond acceptors (Lipinski definition) is 4. The van der Waals surface area contributed by atoms with Crippen LogP contribution in [0.1, 0.15) is 54.5 Å². The molecular formula is C17H20F3N3O. The average Bonchev–Trinajstić information content (AvgIpc) is 2.98. The van der Waals surface area contributed by atoms with Gasteiger partial charge in [0.25, 0.3) is 0 Å². The van der Waals surface area contributed by atoms with E-state index in [1.165, 1.54) is 12.1 Å². The molecule has 1 aliphatic carbocycles. The van der Waals surface area contributed by atoms with Crippen molar-refractivity contribution in [2.75, 3.05) is 0 Å². The minimum atomic E-state index is -4.33. The second-order valence-corrected chi connectivity index (χ2v) is 6.18. The maximum atomic E-state index is 13.3. The highest BCUT2D eigenvalue weighted by atomic mass is 19.4. The number of halogens is 3. The molecule has 0 bridgehead atoms. The average molecular weight is 339 g/mol. The zero-order valence-electron chi connectivity index (χ0n) is 13.4. The Bertz CT molecular complexity index is 684. The number of alkyl halides is 3. The predicted octanol–water partition coefficient (Wildman–Crippen LogP) is 4.21. The van der Waals surface area contributed by atoms with Gasteiger partial charge in [-0.2, -0.15) is 13.2 Å². The van der Waals surface area contributed by atoms with Gasteiger partial charge in [-0.25, -0.2) is 0 Å². The Morgan fingerprint density at radius 1 is 1.17 bits per heavy atom. The van der Waals surface area contributed by atoms with E-state index in [0.717, 1.165) is 25.7 Å². The molecule has 7 heteroatoms. The van der Waals surface area contributed by atoms with Gasteiger partial charge in [-0.3, -0.25) is 0 Å². The van der Waals surface area contributed by atoms with E-state index in [4.69, 9.17) is 4.42 Å². The Hall–Kier alpha value is -1.89. The zero-order chi connectivity index (χ0) is 17.2. The van der Waals surface area contributed by atoms with Crippen LogP contribution in [-0.2, 0) is 12.7 Å². The molecule has 24 heavy (non-hydrogen) atoms. The summed E-state index contributed by atoms with van der Waals surface area (Å²) in [6, 6.07) is 5.86. The van der Waals surface area contributed by atoms with E-state index in [1.807, 2.05) is 0 Å². The molecule has 130 valence electrons. The molecule has 1 saturated carbocycles. The van der Waals surface area contributed by atoms with Gasteiger partial charge in [-0.05, 0) is 30.4 Å². The van der Waals surface area contributed by atoms with Gasteiger partial charge < -0.3 is 9.73 Å². The lowest BCUT2D eigenvalue weighted by atomic mass is 9.78. The molecule has 1 N–H and O–H groups in total. The summed E-state index contributed by atoms with van der Waals surface area (Å²) in [5.41, 5.74) is -0.152. The van der Waals surface area contributed by atoms with Crippen molar-refractivity contribution < 1.29 is 17.6 Å². The van der Waals surface area contributed by atoms with Gasteiger partial charge in [0, 0.05) is 13.0 Å². The number of aromatic nitrogens is 2. The molecule has 0 aliphatic heterocycles. The first-order valence-electron chi connectivity index (χ1n) is 8.13. The lowest BCUT2D eigenvalue weighted by Crippen LogP contribution is -2.37. The molecule has 4 nitrogen and oxygen atoms in total. The standard InChI is InChI=1S/C17H20F3N3O/c1-11-22-23-16(24-11)10-21-15-9-5-3-7-13(15)12-6-2-4-8-14(12)17(18,19)20/h2,4,6,8,13,15,21H,3,5,7,9-10H2,1H3. The molecule has 1 aliphatic rings. The summed E-state index contributed by atoms with van der Waals surface area (Å²) in [5, 5.41) is 11.0. The monoisotopic (exact) mass is 339 g/mol. The van der Waals surface area contributed by atoms with Crippen molar-refractivity contribution >= 4 is 0 Å². The Labute approximate surface area is 138 Å². The third-order valence-corrected chi connectivity index (χ3v) is 4.51. The fourth-order valence-corrected chi connectivity index (χ4v) is 3.45. The molecule has 2 atom stereocenters. The maximum Gasteiger partial charge on any atom is 0.416 e. The Morgan fingerprint density at radius 2 is 1.92 bits per heavy atom. The van der Waals surface area contributed by atoms with Crippen LogP contribution in [0.3, 0.4) is 0 Å². The number of rotatable bonds is 4. The van der Waals surface area contributed by atoms with Crippen LogP contribution in [-0.4, -0.2) is 16.2 Å². The lowest BCUT2D eigenvalue weighted by Gasteiger charge is -2.34. The van der Waals surface area contributed by atoms with E-state index < -0.39 is 11.7 Å². The minimum Gasteiger partial charge on any atom is -0.424 e. The van der Waals surface area contributed by atoms with Crippen molar-refractivity contribution in [3.63, 3.8) is 0 Å². The molecule has 0 spiro atoms. The Kier molecular flexibility index (Phi) is 4.89. The fraction of sp³-hybridized carbons (Fsp3) is 0.529. The van der Waals surface area contributed by atoms with Crippen molar-refractivity contribution in [2.45, 2.75) is 57.3 Å². The van der Waals surface area contributed by atoms with Crippen molar-refractivity contribution in [1.82, 2.24) is 15.5 Å². The largest absolute Gasteiger partial charge is 0.424 e. The first kappa shape index (κ1) is 17.0. The van der Waals surface area contributed by atoms with Crippen molar-refractivity contribution in [3.05, 3.63) is 47.2 Å². The Balaban J connectivity index is 1.80. The van der Waals surface area contributed by atoms with E-state index in [2.05, 4.69) is 15.5 Å². The van der Waals surface area contributed by atoms with Crippen molar-refractivity contribution in [2.24, 2.45) is 0 Å². The molecule has 3 rings (SSSR count). The summed E-state index contributed by atoms with van der Waals surface area (Å²) in [7, 11) is 0. The van der Waals surface area contributed by atoms with E-state index in [1.54, 1.807) is 19.1 Å². The summed E-state index contributed by atoms with van der Waals surface area (Å²) in [6.45, 7) is 2.08. The fourth-order valence-electron chi connectivity index (χ4n) is 3.45. The summed E-state index contributed by atoms with van der Waals surface area (Å²) >= 11 is 0. The van der Waals surface area contributed by atoms with E-state index in [9.17, 15) is 13.2 Å². The van der Waals surface area contributed by atoms with Gasteiger partial charge in [0.2, 0.25) is 11.8 Å². The second-order valence-electron chi connectivity index (χ2n) is 6.18. The molecule has 0 saturated heterocycles. The van der Waals surface area contributed by atoms with Gasteiger partial charge in [0.1, 0.15) is 0 Å². The van der Waals surface area contributed by atoms with E-state index >= 15 is 0 Å². The number of nitrogens with one attached hydrogen (secondary N) is 1. The number of hydrogen-bond donors (Lipinski definition) is 1. The predicted molar refractivity (Wildman–Crippen MR) is 82.3 cm³/mol. The second kappa shape index (κ2) is 6.93. The number of nitrogens with zero attached hydrogens (tertiary/aromatic N) is 2. The highest BCUT2D eigenvalue weighted by Crippen LogP contribution is 2.40. The molecule has 1 heterocycles. The molecule has 1 fully saturated rings. The van der Waals surface area contributed by atoms with Crippen LogP contribution in [0.5, 0.6) is 0 Å². The molecule has 2 aromatic rings. The highest BCUT2D eigenvalue weighted by molar-refractivity contribution is 5.34. The van der Waals surface area contributed by atoms with Gasteiger partial charge in [0.15, 0.2) is 0 Å². The molecule has 0 radical (unpaired) electrons. The third-order valence-electron chi connectivity index (χ3n) is 4.51. The van der Waals surface area contributed by atoms with Crippen molar-refractivity contribution in [1.29, 1.82) is 0 Å². The molecule has 0 amide bonds. The van der Waals surface area contributed by atoms with Crippen LogP contribution in [0, 0.1) is 6.92 Å². The summed E-state index contributed by atoms with van der Waals surface area (Å²) in [6.07, 6.45) is -0.806. The smallest absolute Gasteiger partial charge is 0.416 e. The topological polar surface area (TPSA) is 51.0 Å². The Morgan fingerprint density at radius 3 is 2.62 bits per heavy atom. The van der Waals surface area contributed by atoms with Crippen LogP contribution in [0.4, 0.5) is 13.2 Å². The van der Waals surface area contributed by atoms with E-state index in [0.29, 0.717) is 23.9 Å². The number of benzene rings is 1. The van der Waals surface area contributed by atoms with Crippen LogP contribution >= 0.6 is 0 Å². The van der Waals surface area contributed by atoms with Gasteiger partial charge >= 0.3 is 6.18 Å². The van der Waals surface area contributed by atoms with Crippen LogP contribution in [0.2, 0.25) is 0 Å². The first-order chi connectivity index (χ1) is 11.4. The summed E-state index contributed by atoms with van der Waals surface area (Å²) in [4.78, 5) is 0. The maximum absolute atomic E-state index is 13.3. The number of aryl methyl sites for hydroxylation is 1. The quantitative estimate of drug-likeness (QED) is 0.906. The van der Waals surface area contributed by atoms with E-state index in [-0.39, 0.29) is 12.0 Å².